The molecule has 2 aromatic rings. The zero-order valence-corrected chi connectivity index (χ0v) is 11.3. The van der Waals surface area contributed by atoms with Gasteiger partial charge in [0.1, 0.15) is 0 Å². The Morgan fingerprint density at radius 2 is 2.29 bits per heavy atom. The van der Waals surface area contributed by atoms with Crippen LogP contribution in [0.3, 0.4) is 0 Å². The van der Waals surface area contributed by atoms with E-state index in [0.717, 1.165) is 30.3 Å². The van der Waals surface area contributed by atoms with Gasteiger partial charge in [-0.05, 0) is 36.2 Å². The monoisotopic (exact) mass is 250 g/mol. The van der Waals surface area contributed by atoms with Crippen molar-refractivity contribution in [3.8, 4) is 0 Å². The number of rotatable bonds is 4. The first kappa shape index (κ1) is 12.0. The molecule has 0 aromatic carbocycles. The van der Waals surface area contributed by atoms with Crippen LogP contribution < -0.4 is 10.6 Å². The summed E-state index contributed by atoms with van der Waals surface area (Å²) in [5.74, 6) is 1.01. The Kier molecular flexibility index (Phi) is 3.38. The van der Waals surface area contributed by atoms with E-state index in [-0.39, 0.29) is 0 Å². The molecule has 0 bridgehead atoms. The van der Waals surface area contributed by atoms with Gasteiger partial charge in [0.05, 0.1) is 11.4 Å². The zero-order chi connectivity index (χ0) is 12.4. The lowest BCUT2D eigenvalue weighted by atomic mass is 10.3. The molecule has 0 amide bonds. The molecule has 0 radical (unpaired) electrons. The van der Waals surface area contributed by atoms with Crippen molar-refractivity contribution in [2.45, 2.75) is 26.9 Å². The van der Waals surface area contributed by atoms with Gasteiger partial charge in [-0.25, -0.2) is 4.68 Å². The van der Waals surface area contributed by atoms with E-state index >= 15 is 0 Å². The topological polar surface area (TPSA) is 47.1 Å². The number of nitrogen functional groups attached to an aromatic ring is 1. The number of nitrogens with two attached hydrogens (primary N) is 1. The number of anilines is 2. The molecule has 0 aliphatic heterocycles. The van der Waals surface area contributed by atoms with Gasteiger partial charge in [0, 0.05) is 20.1 Å². The summed E-state index contributed by atoms with van der Waals surface area (Å²) in [5, 5.41) is 8.68. The average molecular weight is 250 g/mol. The lowest BCUT2D eigenvalue weighted by Crippen LogP contribution is -2.21. The molecule has 0 aliphatic rings. The van der Waals surface area contributed by atoms with Crippen LogP contribution in [0.1, 0.15) is 18.2 Å². The Labute approximate surface area is 106 Å². The van der Waals surface area contributed by atoms with Gasteiger partial charge in [-0.2, -0.15) is 16.4 Å². The van der Waals surface area contributed by atoms with Crippen LogP contribution in [-0.4, -0.2) is 16.8 Å². The first-order chi connectivity index (χ1) is 8.13. The standard InChI is InChI=1S/C12H18N4S/c1-4-16-12(11(13)9(2)14-16)15(3)7-10-5-6-17-8-10/h5-6,8H,4,7,13H2,1-3H3. The van der Waals surface area contributed by atoms with E-state index in [2.05, 4.69) is 40.8 Å². The highest BCUT2D eigenvalue weighted by Gasteiger charge is 2.15. The molecule has 0 unspecified atom stereocenters. The SMILES string of the molecule is CCn1nc(C)c(N)c1N(C)Cc1ccsc1. The predicted octanol–water partition coefficient (Wildman–Crippen LogP) is 2.49. The van der Waals surface area contributed by atoms with E-state index in [1.165, 1.54) is 5.56 Å². The van der Waals surface area contributed by atoms with Crippen LogP contribution in [0.4, 0.5) is 11.5 Å². The molecular weight excluding hydrogens is 232 g/mol. The Morgan fingerprint density at radius 3 is 2.88 bits per heavy atom. The number of nitrogens with zero attached hydrogens (tertiary/aromatic N) is 3. The predicted molar refractivity (Wildman–Crippen MR) is 73.5 cm³/mol. The summed E-state index contributed by atoms with van der Waals surface area (Å²) in [7, 11) is 2.05. The molecule has 0 saturated heterocycles. The Balaban J connectivity index is 2.26. The van der Waals surface area contributed by atoms with Crippen LogP contribution in [0.25, 0.3) is 0 Å². The Morgan fingerprint density at radius 1 is 1.53 bits per heavy atom. The van der Waals surface area contributed by atoms with E-state index in [4.69, 9.17) is 5.73 Å². The van der Waals surface area contributed by atoms with Gasteiger partial charge in [0.15, 0.2) is 5.82 Å². The molecule has 92 valence electrons. The molecule has 2 aromatic heterocycles. The maximum absolute atomic E-state index is 6.09. The number of aryl methyl sites for hydroxylation is 2. The van der Waals surface area contributed by atoms with Crippen molar-refractivity contribution in [3.63, 3.8) is 0 Å². The minimum atomic E-state index is 0.782. The number of thiophene rings is 1. The highest BCUT2D eigenvalue weighted by atomic mass is 32.1. The van der Waals surface area contributed by atoms with Crippen molar-refractivity contribution in [1.29, 1.82) is 0 Å². The van der Waals surface area contributed by atoms with Gasteiger partial charge in [0.2, 0.25) is 0 Å². The maximum Gasteiger partial charge on any atom is 0.150 e. The third-order valence-electron chi connectivity index (χ3n) is 2.81. The van der Waals surface area contributed by atoms with Crippen LogP contribution in [0.5, 0.6) is 0 Å². The molecule has 0 fully saturated rings. The highest BCUT2D eigenvalue weighted by Crippen LogP contribution is 2.26. The molecule has 5 heteroatoms. The summed E-state index contributed by atoms with van der Waals surface area (Å²) in [4.78, 5) is 2.15. The van der Waals surface area contributed by atoms with Crippen molar-refractivity contribution < 1.29 is 0 Å². The quantitative estimate of drug-likeness (QED) is 0.907. The van der Waals surface area contributed by atoms with Crippen molar-refractivity contribution in [2.24, 2.45) is 0 Å². The third-order valence-corrected chi connectivity index (χ3v) is 3.54. The second-order valence-corrected chi connectivity index (χ2v) is 4.91. The fourth-order valence-electron chi connectivity index (χ4n) is 1.94. The molecule has 4 nitrogen and oxygen atoms in total. The first-order valence-corrected chi connectivity index (χ1v) is 6.62. The smallest absolute Gasteiger partial charge is 0.150 e. The second-order valence-electron chi connectivity index (χ2n) is 4.13. The van der Waals surface area contributed by atoms with E-state index in [0.29, 0.717) is 0 Å². The fraction of sp³-hybridized carbons (Fsp3) is 0.417. The molecular formula is C12H18N4S. The molecule has 0 spiro atoms. The summed E-state index contributed by atoms with van der Waals surface area (Å²) in [6.45, 7) is 5.72. The van der Waals surface area contributed by atoms with Gasteiger partial charge in [-0.15, -0.1) is 0 Å². The summed E-state index contributed by atoms with van der Waals surface area (Å²) in [6, 6.07) is 2.14. The average Bonchev–Trinajstić information content (AvgIpc) is 2.88. The van der Waals surface area contributed by atoms with Crippen LogP contribution in [0.15, 0.2) is 16.8 Å². The molecule has 2 heterocycles. The van der Waals surface area contributed by atoms with Crippen molar-refractivity contribution in [1.82, 2.24) is 9.78 Å². The zero-order valence-electron chi connectivity index (χ0n) is 10.5. The molecule has 0 atom stereocenters. The Bertz CT molecular complexity index is 487. The minimum absolute atomic E-state index is 0.782. The number of aromatic nitrogens is 2. The highest BCUT2D eigenvalue weighted by molar-refractivity contribution is 7.07. The lowest BCUT2D eigenvalue weighted by molar-refractivity contribution is 0.640. The summed E-state index contributed by atoms with van der Waals surface area (Å²) in [6.07, 6.45) is 0. The van der Waals surface area contributed by atoms with Crippen molar-refractivity contribution >= 4 is 22.8 Å². The molecule has 0 saturated carbocycles. The summed E-state index contributed by atoms with van der Waals surface area (Å²) >= 11 is 1.72. The van der Waals surface area contributed by atoms with E-state index in [1.54, 1.807) is 11.3 Å². The first-order valence-electron chi connectivity index (χ1n) is 5.68. The van der Waals surface area contributed by atoms with Crippen LogP contribution in [0, 0.1) is 6.92 Å². The molecule has 2 N–H and O–H groups in total. The van der Waals surface area contributed by atoms with Gasteiger partial charge in [-0.3, -0.25) is 0 Å². The molecule has 17 heavy (non-hydrogen) atoms. The van der Waals surface area contributed by atoms with E-state index < -0.39 is 0 Å². The Hall–Kier alpha value is -1.49. The van der Waals surface area contributed by atoms with Crippen LogP contribution in [-0.2, 0) is 13.1 Å². The van der Waals surface area contributed by atoms with Gasteiger partial charge in [0.25, 0.3) is 0 Å². The second kappa shape index (κ2) is 4.79. The fourth-order valence-corrected chi connectivity index (χ4v) is 2.60. The van der Waals surface area contributed by atoms with Gasteiger partial charge >= 0.3 is 0 Å². The largest absolute Gasteiger partial charge is 0.394 e. The molecule has 2 rings (SSSR count). The maximum atomic E-state index is 6.09. The van der Waals surface area contributed by atoms with Gasteiger partial charge < -0.3 is 10.6 Å². The minimum Gasteiger partial charge on any atom is -0.394 e. The molecule has 0 aliphatic carbocycles. The van der Waals surface area contributed by atoms with E-state index in [1.807, 2.05) is 11.6 Å². The summed E-state index contributed by atoms with van der Waals surface area (Å²) in [5.41, 5.74) is 9.07. The normalized spacial score (nSPS) is 10.8. The summed E-state index contributed by atoms with van der Waals surface area (Å²) < 4.78 is 1.96. The van der Waals surface area contributed by atoms with E-state index in [9.17, 15) is 0 Å². The van der Waals surface area contributed by atoms with Crippen molar-refractivity contribution in [3.05, 3.63) is 28.1 Å². The number of hydrogen-bond acceptors (Lipinski definition) is 4. The van der Waals surface area contributed by atoms with Crippen LogP contribution >= 0.6 is 11.3 Å². The van der Waals surface area contributed by atoms with Crippen LogP contribution in [0.2, 0.25) is 0 Å². The lowest BCUT2D eigenvalue weighted by Gasteiger charge is -2.20. The van der Waals surface area contributed by atoms with Gasteiger partial charge in [-0.1, -0.05) is 0 Å². The number of hydrogen-bond donors (Lipinski definition) is 1. The van der Waals surface area contributed by atoms with Crippen molar-refractivity contribution in [2.75, 3.05) is 17.7 Å². The third kappa shape index (κ3) is 2.29.